The number of carbonyl (C=O) groups excluding carboxylic acids is 2. The minimum Gasteiger partial charge on any atom is -0.382 e. The minimum atomic E-state index is -0.594. The second-order valence-electron chi connectivity index (χ2n) is 6.41. The maximum atomic E-state index is 13.0. The molecule has 0 aliphatic rings. The Hall–Kier alpha value is -3.94. The van der Waals surface area contributed by atoms with E-state index in [9.17, 15) is 14.0 Å². The number of aromatic nitrogens is 1. The maximum absolute atomic E-state index is 13.0. The molecule has 0 bridgehead atoms. The summed E-state index contributed by atoms with van der Waals surface area (Å²) in [6.45, 7) is 0.502. The van der Waals surface area contributed by atoms with Gasteiger partial charge in [0.1, 0.15) is 11.6 Å². The third-order valence-electron chi connectivity index (χ3n) is 4.27. The molecule has 148 valence electrons. The summed E-state index contributed by atoms with van der Waals surface area (Å²) in [5.41, 5.74) is 13.6. The van der Waals surface area contributed by atoms with Crippen LogP contribution in [0, 0.1) is 5.82 Å². The van der Waals surface area contributed by atoms with Gasteiger partial charge in [0.15, 0.2) is 0 Å². The van der Waals surface area contributed by atoms with Gasteiger partial charge >= 0.3 is 6.03 Å². The normalized spacial score (nSPS) is 10.4. The van der Waals surface area contributed by atoms with Gasteiger partial charge in [-0.3, -0.25) is 4.79 Å². The molecule has 0 unspecified atom stereocenters. The third kappa shape index (κ3) is 5.29. The van der Waals surface area contributed by atoms with Crippen molar-refractivity contribution < 1.29 is 14.0 Å². The highest BCUT2D eigenvalue weighted by molar-refractivity contribution is 6.05. The van der Waals surface area contributed by atoms with Crippen LogP contribution in [-0.2, 0) is 13.1 Å². The van der Waals surface area contributed by atoms with E-state index >= 15 is 0 Å². The number of nitrogen functional groups attached to an aromatic ring is 1. The molecule has 2 aromatic carbocycles. The summed E-state index contributed by atoms with van der Waals surface area (Å²) in [7, 11) is 0. The van der Waals surface area contributed by atoms with E-state index in [1.54, 1.807) is 48.5 Å². The number of urea groups is 1. The summed E-state index contributed by atoms with van der Waals surface area (Å²) in [6.07, 6.45) is 1.54. The predicted molar refractivity (Wildman–Crippen MR) is 108 cm³/mol. The molecule has 0 aliphatic carbocycles. The molecule has 1 aromatic heterocycles. The highest BCUT2D eigenvalue weighted by Gasteiger charge is 2.13. The van der Waals surface area contributed by atoms with E-state index in [0.29, 0.717) is 11.3 Å². The topological polar surface area (TPSA) is 114 Å². The van der Waals surface area contributed by atoms with E-state index in [4.69, 9.17) is 11.5 Å². The van der Waals surface area contributed by atoms with Gasteiger partial charge in [-0.25, -0.2) is 14.2 Å². The summed E-state index contributed by atoms with van der Waals surface area (Å²) >= 11 is 0. The second-order valence-corrected chi connectivity index (χ2v) is 6.41. The smallest absolute Gasteiger partial charge is 0.315 e. The van der Waals surface area contributed by atoms with Gasteiger partial charge < -0.3 is 21.7 Å². The Balaban J connectivity index is 1.66. The van der Waals surface area contributed by atoms with Crippen LogP contribution in [0.1, 0.15) is 21.5 Å². The molecule has 0 spiro atoms. The number of anilines is 2. The third-order valence-corrected chi connectivity index (χ3v) is 4.27. The molecule has 8 heteroatoms. The number of hydrogen-bond acceptors (Lipinski definition) is 4. The Bertz CT molecular complexity index is 1010. The first kappa shape index (κ1) is 19.8. The summed E-state index contributed by atoms with van der Waals surface area (Å²) in [5, 5.41) is 2.70. The van der Waals surface area contributed by atoms with Gasteiger partial charge in [0.2, 0.25) is 0 Å². The molecule has 3 amide bonds. The van der Waals surface area contributed by atoms with Crippen molar-refractivity contribution in [2.45, 2.75) is 13.1 Å². The SMILES string of the molecule is NC(=O)N(Cc1ccc(F)cc1)Cc1ccc(C(=O)Nc2cccnc2N)cc1. The van der Waals surface area contributed by atoms with Crippen LogP contribution in [0.5, 0.6) is 0 Å². The zero-order valence-corrected chi connectivity index (χ0v) is 15.5. The van der Waals surface area contributed by atoms with Crippen molar-refractivity contribution in [3.63, 3.8) is 0 Å². The lowest BCUT2D eigenvalue weighted by atomic mass is 10.1. The van der Waals surface area contributed by atoms with Crippen molar-refractivity contribution in [2.24, 2.45) is 5.73 Å². The van der Waals surface area contributed by atoms with Gasteiger partial charge in [-0.05, 0) is 47.5 Å². The van der Waals surface area contributed by atoms with Crippen molar-refractivity contribution >= 4 is 23.4 Å². The number of primary amides is 1. The van der Waals surface area contributed by atoms with Gasteiger partial charge in [0.05, 0.1) is 5.69 Å². The fraction of sp³-hybridized carbons (Fsp3) is 0.0952. The van der Waals surface area contributed by atoms with Crippen LogP contribution in [0.3, 0.4) is 0 Å². The number of benzene rings is 2. The number of pyridine rings is 1. The van der Waals surface area contributed by atoms with Gasteiger partial charge in [-0.1, -0.05) is 24.3 Å². The molecule has 0 saturated heterocycles. The van der Waals surface area contributed by atoms with Crippen LogP contribution in [0.25, 0.3) is 0 Å². The molecule has 29 heavy (non-hydrogen) atoms. The van der Waals surface area contributed by atoms with Crippen molar-refractivity contribution in [2.75, 3.05) is 11.1 Å². The minimum absolute atomic E-state index is 0.232. The van der Waals surface area contributed by atoms with Crippen molar-refractivity contribution in [3.8, 4) is 0 Å². The second kappa shape index (κ2) is 8.83. The number of nitrogens with two attached hydrogens (primary N) is 2. The summed E-state index contributed by atoms with van der Waals surface area (Å²) in [4.78, 5) is 29.5. The molecule has 0 fully saturated rings. The lowest BCUT2D eigenvalue weighted by Crippen LogP contribution is -2.34. The van der Waals surface area contributed by atoms with Crippen LogP contribution < -0.4 is 16.8 Å². The average Bonchev–Trinajstić information content (AvgIpc) is 2.71. The Morgan fingerprint density at radius 3 is 2.10 bits per heavy atom. The zero-order chi connectivity index (χ0) is 20.8. The van der Waals surface area contributed by atoms with Crippen molar-refractivity contribution in [1.82, 2.24) is 9.88 Å². The highest BCUT2D eigenvalue weighted by Crippen LogP contribution is 2.16. The first-order chi connectivity index (χ1) is 13.9. The van der Waals surface area contributed by atoms with E-state index in [1.807, 2.05) is 0 Å². The molecule has 0 aliphatic heterocycles. The number of amides is 3. The van der Waals surface area contributed by atoms with E-state index in [-0.39, 0.29) is 30.6 Å². The van der Waals surface area contributed by atoms with Crippen molar-refractivity contribution in [3.05, 3.63) is 89.4 Å². The number of halogens is 1. The predicted octanol–water partition coefficient (Wildman–Crippen LogP) is 3.14. The molecule has 3 rings (SSSR count). The molecular weight excluding hydrogens is 373 g/mol. The van der Waals surface area contributed by atoms with Gasteiger partial charge in [0, 0.05) is 24.8 Å². The Morgan fingerprint density at radius 1 is 0.966 bits per heavy atom. The first-order valence-corrected chi connectivity index (χ1v) is 8.82. The number of hydrogen-bond donors (Lipinski definition) is 3. The molecule has 0 radical (unpaired) electrons. The van der Waals surface area contributed by atoms with E-state index in [2.05, 4.69) is 10.3 Å². The molecule has 5 N–H and O–H groups in total. The first-order valence-electron chi connectivity index (χ1n) is 8.82. The highest BCUT2D eigenvalue weighted by atomic mass is 19.1. The standard InChI is InChI=1S/C21H20FN5O2/c22-17-9-5-15(6-10-17)13-27(21(24)29)12-14-3-7-16(8-4-14)20(28)26-18-2-1-11-25-19(18)23/h1-11H,12-13H2,(H2,23,25)(H2,24,29)(H,26,28). The summed E-state index contributed by atoms with van der Waals surface area (Å²) in [6, 6.07) is 15.4. The number of carbonyl (C=O) groups is 2. The fourth-order valence-electron chi connectivity index (χ4n) is 2.72. The number of rotatable bonds is 6. The average molecular weight is 393 g/mol. The van der Waals surface area contributed by atoms with Gasteiger partial charge in [-0.15, -0.1) is 0 Å². The van der Waals surface area contributed by atoms with Crippen LogP contribution >= 0.6 is 0 Å². The lowest BCUT2D eigenvalue weighted by Gasteiger charge is -2.20. The van der Waals surface area contributed by atoms with E-state index < -0.39 is 6.03 Å². The fourth-order valence-corrected chi connectivity index (χ4v) is 2.72. The Kier molecular flexibility index (Phi) is 6.03. The molecular formula is C21H20FN5O2. The maximum Gasteiger partial charge on any atom is 0.315 e. The van der Waals surface area contributed by atoms with Crippen LogP contribution in [0.2, 0.25) is 0 Å². The molecule has 7 nitrogen and oxygen atoms in total. The molecule has 0 saturated carbocycles. The van der Waals surface area contributed by atoms with E-state index in [0.717, 1.165) is 11.1 Å². The lowest BCUT2D eigenvalue weighted by molar-refractivity contribution is 0.102. The molecule has 3 aromatic rings. The Morgan fingerprint density at radius 2 is 1.55 bits per heavy atom. The number of nitrogens with one attached hydrogen (secondary N) is 1. The summed E-state index contributed by atoms with van der Waals surface area (Å²) in [5.74, 6) is -0.439. The van der Waals surface area contributed by atoms with Crippen LogP contribution in [-0.4, -0.2) is 21.8 Å². The molecule has 0 atom stereocenters. The van der Waals surface area contributed by atoms with E-state index in [1.165, 1.54) is 23.2 Å². The Labute approximate surface area is 167 Å². The molecule has 1 heterocycles. The van der Waals surface area contributed by atoms with Crippen LogP contribution in [0.4, 0.5) is 20.7 Å². The quantitative estimate of drug-likeness (QED) is 0.597. The number of nitrogens with zero attached hydrogens (tertiary/aromatic N) is 2. The van der Waals surface area contributed by atoms with Crippen LogP contribution in [0.15, 0.2) is 66.9 Å². The largest absolute Gasteiger partial charge is 0.382 e. The van der Waals surface area contributed by atoms with Gasteiger partial charge in [-0.2, -0.15) is 0 Å². The zero-order valence-electron chi connectivity index (χ0n) is 15.5. The van der Waals surface area contributed by atoms with Crippen molar-refractivity contribution in [1.29, 1.82) is 0 Å². The monoisotopic (exact) mass is 393 g/mol. The van der Waals surface area contributed by atoms with Gasteiger partial charge in [0.25, 0.3) is 5.91 Å². The summed E-state index contributed by atoms with van der Waals surface area (Å²) < 4.78 is 13.0.